The van der Waals surface area contributed by atoms with Gasteiger partial charge >= 0.3 is 0 Å². The Bertz CT molecular complexity index is 1040. The highest BCUT2D eigenvalue weighted by Gasteiger charge is 2.20. The van der Waals surface area contributed by atoms with E-state index in [2.05, 4.69) is 21.2 Å². The van der Waals surface area contributed by atoms with E-state index in [0.29, 0.717) is 6.42 Å². The first kappa shape index (κ1) is 20.4. The Labute approximate surface area is 172 Å². The molecule has 28 heavy (non-hydrogen) atoms. The van der Waals surface area contributed by atoms with Crippen molar-refractivity contribution in [1.29, 1.82) is 0 Å². The van der Waals surface area contributed by atoms with Crippen molar-refractivity contribution in [3.63, 3.8) is 0 Å². The number of nitrogens with one attached hydrogen (secondary N) is 1. The van der Waals surface area contributed by atoms with Crippen molar-refractivity contribution in [2.45, 2.75) is 30.0 Å². The number of carbonyl (C=O) groups is 1. The summed E-state index contributed by atoms with van der Waals surface area (Å²) in [5.74, 6) is -0.355. The summed E-state index contributed by atoms with van der Waals surface area (Å²) in [7, 11) is -3.53. The third-order valence-electron chi connectivity index (χ3n) is 4.31. The van der Waals surface area contributed by atoms with Crippen LogP contribution in [0, 0.1) is 0 Å². The minimum Gasteiger partial charge on any atom is -0.455 e. The number of halogens is 1. The van der Waals surface area contributed by atoms with Gasteiger partial charge in [0.2, 0.25) is 0 Å². The van der Waals surface area contributed by atoms with Crippen LogP contribution in [0.1, 0.15) is 41.3 Å². The lowest BCUT2D eigenvalue weighted by Crippen LogP contribution is -2.27. The average molecular weight is 462 g/mol. The van der Waals surface area contributed by atoms with E-state index >= 15 is 0 Å². The molecule has 1 amide bonds. The Hall–Kier alpha value is -2.38. The van der Waals surface area contributed by atoms with Gasteiger partial charge in [-0.1, -0.05) is 53.2 Å². The number of sulfone groups is 1. The van der Waals surface area contributed by atoms with Crippen LogP contribution in [0.5, 0.6) is 0 Å². The maximum absolute atomic E-state index is 12.5. The summed E-state index contributed by atoms with van der Waals surface area (Å²) in [5, 5.41) is 2.93. The van der Waals surface area contributed by atoms with Gasteiger partial charge in [-0.2, -0.15) is 0 Å². The maximum Gasteiger partial charge on any atom is 0.287 e. The van der Waals surface area contributed by atoms with Crippen molar-refractivity contribution < 1.29 is 17.6 Å². The zero-order chi connectivity index (χ0) is 20.1. The van der Waals surface area contributed by atoms with Gasteiger partial charge < -0.3 is 9.73 Å². The molecule has 1 aromatic heterocycles. The molecular formula is C21H20BrNO4S. The lowest BCUT2D eigenvalue weighted by molar-refractivity contribution is 0.0906. The van der Waals surface area contributed by atoms with E-state index in [9.17, 15) is 13.2 Å². The molecule has 3 rings (SSSR count). The van der Waals surface area contributed by atoms with Gasteiger partial charge in [-0.05, 0) is 48.4 Å². The van der Waals surface area contributed by atoms with Crippen LogP contribution < -0.4 is 5.32 Å². The fraction of sp³-hybridized carbons (Fsp3) is 0.190. The molecule has 0 fully saturated rings. The molecule has 0 spiro atoms. The summed E-state index contributed by atoms with van der Waals surface area (Å²) >= 11 is 3.40. The smallest absolute Gasteiger partial charge is 0.287 e. The van der Waals surface area contributed by atoms with Crippen LogP contribution in [0.15, 0.2) is 80.5 Å². The number of amides is 1. The Morgan fingerprint density at radius 3 is 2.36 bits per heavy atom. The SMILES string of the molecule is CCC(NC(=O)c1ccc(CS(=O)(=O)c2ccccc2)o1)c1ccc(Br)cc1. The average Bonchev–Trinajstić information content (AvgIpc) is 3.15. The Morgan fingerprint density at radius 1 is 1.04 bits per heavy atom. The van der Waals surface area contributed by atoms with Gasteiger partial charge in [0.1, 0.15) is 11.5 Å². The highest BCUT2D eigenvalue weighted by atomic mass is 79.9. The molecule has 0 bridgehead atoms. The summed E-state index contributed by atoms with van der Waals surface area (Å²) in [5.41, 5.74) is 0.984. The second-order valence-electron chi connectivity index (χ2n) is 6.32. The Kier molecular flexibility index (Phi) is 6.36. The molecule has 1 unspecified atom stereocenters. The van der Waals surface area contributed by atoms with Gasteiger partial charge in [0, 0.05) is 4.47 Å². The van der Waals surface area contributed by atoms with E-state index in [1.54, 1.807) is 18.2 Å². The lowest BCUT2D eigenvalue weighted by Gasteiger charge is -2.16. The van der Waals surface area contributed by atoms with Crippen LogP contribution in [-0.4, -0.2) is 14.3 Å². The molecule has 7 heteroatoms. The van der Waals surface area contributed by atoms with Crippen LogP contribution in [-0.2, 0) is 15.6 Å². The third-order valence-corrected chi connectivity index (χ3v) is 6.49. The number of hydrogen-bond acceptors (Lipinski definition) is 4. The van der Waals surface area contributed by atoms with Crippen molar-refractivity contribution in [3.05, 3.63) is 88.3 Å². The summed E-state index contributed by atoms with van der Waals surface area (Å²) in [6, 6.07) is 18.7. The van der Waals surface area contributed by atoms with Gasteiger partial charge in [-0.25, -0.2) is 8.42 Å². The highest BCUT2D eigenvalue weighted by Crippen LogP contribution is 2.21. The summed E-state index contributed by atoms with van der Waals surface area (Å²) in [4.78, 5) is 12.8. The molecule has 1 atom stereocenters. The van der Waals surface area contributed by atoms with E-state index in [1.807, 2.05) is 31.2 Å². The molecule has 0 saturated heterocycles. The highest BCUT2D eigenvalue weighted by molar-refractivity contribution is 9.10. The normalized spacial score (nSPS) is 12.5. The zero-order valence-corrected chi connectivity index (χ0v) is 17.7. The molecule has 5 nitrogen and oxygen atoms in total. The third kappa shape index (κ3) is 4.91. The van der Waals surface area contributed by atoms with Gasteiger partial charge in [-0.15, -0.1) is 0 Å². The molecule has 1 heterocycles. The summed E-state index contributed by atoms with van der Waals surface area (Å²) in [6.45, 7) is 1.98. The fourth-order valence-electron chi connectivity index (χ4n) is 2.82. The predicted molar refractivity (Wildman–Crippen MR) is 111 cm³/mol. The lowest BCUT2D eigenvalue weighted by atomic mass is 10.0. The van der Waals surface area contributed by atoms with Crippen LogP contribution in [0.4, 0.5) is 0 Å². The second kappa shape index (κ2) is 8.75. The second-order valence-corrected chi connectivity index (χ2v) is 9.23. The zero-order valence-electron chi connectivity index (χ0n) is 15.3. The molecule has 0 aliphatic carbocycles. The molecule has 0 aliphatic rings. The van der Waals surface area contributed by atoms with Crippen molar-refractivity contribution in [3.8, 4) is 0 Å². The standard InChI is InChI=1S/C21H20BrNO4S/c1-2-19(15-8-10-16(22)11-9-15)23-21(24)20-13-12-17(27-20)14-28(25,26)18-6-4-3-5-7-18/h3-13,19H,2,14H2,1H3,(H,23,24). The molecular weight excluding hydrogens is 442 g/mol. The van der Waals surface area contributed by atoms with E-state index in [-0.39, 0.29) is 34.1 Å². The van der Waals surface area contributed by atoms with Gasteiger partial charge in [0.05, 0.1) is 10.9 Å². The molecule has 0 saturated carbocycles. The van der Waals surface area contributed by atoms with E-state index < -0.39 is 9.84 Å². The monoisotopic (exact) mass is 461 g/mol. The van der Waals surface area contributed by atoms with E-state index in [4.69, 9.17) is 4.42 Å². The molecule has 146 valence electrons. The number of carbonyl (C=O) groups excluding carboxylic acids is 1. The van der Waals surface area contributed by atoms with Crippen molar-refractivity contribution in [1.82, 2.24) is 5.32 Å². The molecule has 2 aromatic carbocycles. The first-order valence-electron chi connectivity index (χ1n) is 8.82. The minimum atomic E-state index is -3.53. The maximum atomic E-state index is 12.5. The Balaban J connectivity index is 1.70. The summed E-state index contributed by atoms with van der Waals surface area (Å²) in [6.07, 6.45) is 0.712. The van der Waals surface area contributed by atoms with Gasteiger partial charge in [0.25, 0.3) is 5.91 Å². The van der Waals surface area contributed by atoms with Crippen molar-refractivity contribution in [2.75, 3.05) is 0 Å². The molecule has 0 radical (unpaired) electrons. The predicted octanol–water partition coefficient (Wildman–Crippen LogP) is 4.90. The number of furan rings is 1. The minimum absolute atomic E-state index is 0.0915. The molecule has 3 aromatic rings. The van der Waals surface area contributed by atoms with Crippen molar-refractivity contribution in [2.24, 2.45) is 0 Å². The van der Waals surface area contributed by atoms with E-state index in [0.717, 1.165) is 10.0 Å². The number of rotatable bonds is 7. The summed E-state index contributed by atoms with van der Waals surface area (Å²) < 4.78 is 31.4. The van der Waals surface area contributed by atoms with Crippen LogP contribution in [0.25, 0.3) is 0 Å². The quantitative estimate of drug-likeness (QED) is 0.542. The fourth-order valence-corrected chi connectivity index (χ4v) is 4.35. The largest absolute Gasteiger partial charge is 0.455 e. The Morgan fingerprint density at radius 2 is 1.71 bits per heavy atom. The number of hydrogen-bond donors (Lipinski definition) is 1. The van der Waals surface area contributed by atoms with Crippen LogP contribution in [0.3, 0.4) is 0 Å². The number of benzene rings is 2. The van der Waals surface area contributed by atoms with Gasteiger partial charge in [-0.3, -0.25) is 4.79 Å². The topological polar surface area (TPSA) is 76.4 Å². The van der Waals surface area contributed by atoms with Crippen LogP contribution in [0.2, 0.25) is 0 Å². The molecule has 1 N–H and O–H groups in total. The molecule has 0 aliphatic heterocycles. The van der Waals surface area contributed by atoms with Crippen LogP contribution >= 0.6 is 15.9 Å². The van der Waals surface area contributed by atoms with E-state index in [1.165, 1.54) is 24.3 Å². The van der Waals surface area contributed by atoms with Gasteiger partial charge in [0.15, 0.2) is 15.6 Å². The first-order valence-corrected chi connectivity index (χ1v) is 11.3. The van der Waals surface area contributed by atoms with Crippen molar-refractivity contribution >= 4 is 31.7 Å². The first-order chi connectivity index (χ1) is 13.4.